The number of ketones is 1. The summed E-state index contributed by atoms with van der Waals surface area (Å²) < 4.78 is 22.1. The van der Waals surface area contributed by atoms with Gasteiger partial charge in [-0.2, -0.15) is 0 Å². The summed E-state index contributed by atoms with van der Waals surface area (Å²) in [7, 11) is 0. The number of esters is 4. The summed E-state index contributed by atoms with van der Waals surface area (Å²) in [5.41, 5.74) is -0.981. The van der Waals surface area contributed by atoms with Crippen LogP contribution in [0.1, 0.15) is 63.9 Å². The molecular weight excluding hydrogens is 570 g/mol. The predicted molar refractivity (Wildman–Crippen MR) is 157 cm³/mol. The van der Waals surface area contributed by atoms with Crippen LogP contribution in [-0.2, 0) is 49.3 Å². The number of cyclic esters (lactones) is 4. The van der Waals surface area contributed by atoms with Crippen LogP contribution >= 0.6 is 0 Å². The number of rotatable bonds is 6. The van der Waals surface area contributed by atoms with Gasteiger partial charge < -0.3 is 24.3 Å². The Bertz CT molecular complexity index is 1360. The van der Waals surface area contributed by atoms with Crippen molar-refractivity contribution in [1.29, 1.82) is 0 Å². The summed E-state index contributed by atoms with van der Waals surface area (Å²) in [6.45, 7) is 8.68. The summed E-state index contributed by atoms with van der Waals surface area (Å²) in [5.74, 6) is -6.11. The molecule has 3 rings (SSSR count). The van der Waals surface area contributed by atoms with Crippen molar-refractivity contribution in [2.75, 3.05) is 0 Å². The molecule has 1 N–H and O–H groups in total. The normalized spacial score (nSPS) is 25.7. The summed E-state index contributed by atoms with van der Waals surface area (Å²) in [5, 5.41) is 2.51. The fourth-order valence-corrected chi connectivity index (χ4v) is 4.42. The number of nitrogens with one attached hydrogen (secondary N) is 1. The second-order valence-corrected chi connectivity index (χ2v) is 11.4. The number of Topliss-reactive ketones (excluding diaryl/α,β-unsaturated/α-hetero) is 1. The molecule has 0 radical (unpaired) electrons. The Kier molecular flexibility index (Phi) is 11.4. The summed E-state index contributed by atoms with van der Waals surface area (Å²) in [6, 6.07) is 15.2. The predicted octanol–water partition coefficient (Wildman–Crippen LogP) is 3.37. The van der Waals surface area contributed by atoms with Crippen LogP contribution in [0.2, 0.25) is 0 Å². The van der Waals surface area contributed by atoms with Crippen molar-refractivity contribution in [2.24, 2.45) is 11.3 Å². The van der Waals surface area contributed by atoms with Crippen LogP contribution < -0.4 is 5.32 Å². The molecule has 11 heteroatoms. The van der Waals surface area contributed by atoms with E-state index in [9.17, 15) is 28.8 Å². The topological polar surface area (TPSA) is 151 Å². The Labute approximate surface area is 256 Å². The molecule has 0 saturated carbocycles. The van der Waals surface area contributed by atoms with Crippen molar-refractivity contribution in [3.63, 3.8) is 0 Å². The molecule has 0 aliphatic carbocycles. The van der Waals surface area contributed by atoms with Crippen LogP contribution in [0.15, 0.2) is 60.7 Å². The average molecular weight is 610 g/mol. The lowest BCUT2D eigenvalue weighted by atomic mass is 9.83. The highest BCUT2D eigenvalue weighted by Gasteiger charge is 2.47. The number of carbonyl (C=O) groups excluding carboxylic acids is 6. The molecule has 6 atom stereocenters. The number of amides is 1. The first-order valence-electron chi connectivity index (χ1n) is 14.5. The molecule has 1 aliphatic rings. The van der Waals surface area contributed by atoms with Crippen molar-refractivity contribution in [2.45, 2.75) is 84.8 Å². The van der Waals surface area contributed by atoms with Gasteiger partial charge in [-0.05, 0) is 51.8 Å². The Hall–Kier alpha value is -4.54. The van der Waals surface area contributed by atoms with Gasteiger partial charge in [0.1, 0.15) is 11.5 Å². The standard InChI is InChI=1S/C33H39NO10/c1-7-19(2)26-31(39)41-20(3)25(34-28(36)23-16-12-9-13-17-23)30(38)42-21(4)29(37)43-24(18-22-14-10-8-11-15-22)27(35)33(5,6)32(40)44-26/h8-17,19-21,24-26H,7,18H2,1-6H3,(H,34,36). The molecule has 44 heavy (non-hydrogen) atoms. The van der Waals surface area contributed by atoms with Crippen molar-refractivity contribution in [3.8, 4) is 0 Å². The van der Waals surface area contributed by atoms with E-state index in [4.69, 9.17) is 18.9 Å². The van der Waals surface area contributed by atoms with Crippen LogP contribution in [-0.4, -0.2) is 66.0 Å². The van der Waals surface area contributed by atoms with Gasteiger partial charge in [0.2, 0.25) is 6.10 Å². The molecule has 1 saturated heterocycles. The Morgan fingerprint density at radius 3 is 2.00 bits per heavy atom. The molecule has 2 aromatic rings. The first kappa shape index (κ1) is 34.0. The minimum atomic E-state index is -1.84. The molecular formula is C33H39NO10. The molecule has 1 amide bonds. The van der Waals surface area contributed by atoms with Crippen LogP contribution in [0.25, 0.3) is 0 Å². The molecule has 1 aliphatic heterocycles. The maximum absolute atomic E-state index is 13.8. The lowest BCUT2D eigenvalue weighted by Gasteiger charge is -2.30. The maximum Gasteiger partial charge on any atom is 0.348 e. The van der Waals surface area contributed by atoms with Crippen molar-refractivity contribution >= 4 is 35.6 Å². The van der Waals surface area contributed by atoms with Gasteiger partial charge in [-0.1, -0.05) is 62.4 Å². The van der Waals surface area contributed by atoms with Gasteiger partial charge in [-0.25, -0.2) is 14.4 Å². The minimum Gasteiger partial charge on any atom is -0.457 e. The highest BCUT2D eigenvalue weighted by Crippen LogP contribution is 2.27. The average Bonchev–Trinajstić information content (AvgIpc) is 3.01. The highest BCUT2D eigenvalue weighted by atomic mass is 16.6. The number of carbonyl (C=O) groups is 6. The van der Waals surface area contributed by atoms with Crippen LogP contribution in [0.3, 0.4) is 0 Å². The molecule has 6 unspecified atom stereocenters. The van der Waals surface area contributed by atoms with Crippen molar-refractivity contribution < 1.29 is 47.7 Å². The third-order valence-corrected chi connectivity index (χ3v) is 7.54. The third kappa shape index (κ3) is 8.30. The molecule has 0 bridgehead atoms. The molecule has 236 valence electrons. The van der Waals surface area contributed by atoms with E-state index < -0.39 is 77.4 Å². The Morgan fingerprint density at radius 1 is 0.818 bits per heavy atom. The molecule has 11 nitrogen and oxygen atoms in total. The fraction of sp³-hybridized carbons (Fsp3) is 0.455. The van der Waals surface area contributed by atoms with Gasteiger partial charge in [0.05, 0.1) is 0 Å². The SMILES string of the molecule is CCC(C)C1OC(=O)C(C)(C)C(=O)C(Cc2ccccc2)OC(=O)C(C)OC(=O)C(NC(=O)c2ccccc2)C(C)OC1=O. The highest BCUT2D eigenvalue weighted by molar-refractivity contribution is 6.06. The number of hydrogen-bond acceptors (Lipinski definition) is 10. The first-order valence-corrected chi connectivity index (χ1v) is 14.5. The lowest BCUT2D eigenvalue weighted by Crippen LogP contribution is -2.52. The van der Waals surface area contributed by atoms with E-state index in [1.165, 1.54) is 39.8 Å². The molecule has 0 aromatic heterocycles. The zero-order valence-corrected chi connectivity index (χ0v) is 25.7. The summed E-state index contributed by atoms with van der Waals surface area (Å²) in [6.07, 6.45) is -5.42. The Morgan fingerprint density at radius 2 is 1.41 bits per heavy atom. The molecule has 2 aromatic carbocycles. The first-order chi connectivity index (χ1) is 20.8. The van der Waals surface area contributed by atoms with E-state index in [2.05, 4.69) is 5.32 Å². The second-order valence-electron chi connectivity index (χ2n) is 11.4. The van der Waals surface area contributed by atoms with Crippen molar-refractivity contribution in [3.05, 3.63) is 71.8 Å². The van der Waals surface area contributed by atoms with E-state index in [0.29, 0.717) is 12.0 Å². The number of benzene rings is 2. The van der Waals surface area contributed by atoms with E-state index in [-0.39, 0.29) is 12.0 Å². The van der Waals surface area contributed by atoms with Gasteiger partial charge in [0, 0.05) is 17.9 Å². The fourth-order valence-electron chi connectivity index (χ4n) is 4.42. The zero-order valence-electron chi connectivity index (χ0n) is 25.7. The van der Waals surface area contributed by atoms with E-state index in [1.54, 1.807) is 62.4 Å². The van der Waals surface area contributed by atoms with Gasteiger partial charge in [0.25, 0.3) is 5.91 Å². The van der Waals surface area contributed by atoms with E-state index >= 15 is 0 Å². The number of hydrogen-bond donors (Lipinski definition) is 1. The van der Waals surface area contributed by atoms with Crippen molar-refractivity contribution in [1.82, 2.24) is 5.32 Å². The monoisotopic (exact) mass is 609 g/mol. The largest absolute Gasteiger partial charge is 0.457 e. The minimum absolute atomic E-state index is 0.0770. The molecule has 0 spiro atoms. The quantitative estimate of drug-likeness (QED) is 0.293. The lowest BCUT2D eigenvalue weighted by molar-refractivity contribution is -0.183. The zero-order chi connectivity index (χ0) is 32.6. The van der Waals surface area contributed by atoms with E-state index in [1.807, 2.05) is 0 Å². The van der Waals surface area contributed by atoms with Gasteiger partial charge in [0.15, 0.2) is 24.0 Å². The van der Waals surface area contributed by atoms with E-state index in [0.717, 1.165) is 0 Å². The molecule has 1 heterocycles. The Balaban J connectivity index is 2.03. The van der Waals surface area contributed by atoms with Gasteiger partial charge in [-0.3, -0.25) is 14.4 Å². The van der Waals surface area contributed by atoms with Crippen LogP contribution in [0, 0.1) is 11.3 Å². The smallest absolute Gasteiger partial charge is 0.348 e. The second kappa shape index (κ2) is 14.8. The number of ether oxygens (including phenoxy) is 4. The van der Waals surface area contributed by atoms with Gasteiger partial charge in [-0.15, -0.1) is 0 Å². The third-order valence-electron chi connectivity index (χ3n) is 7.54. The molecule has 1 fully saturated rings. The van der Waals surface area contributed by atoms with Crippen LogP contribution in [0.4, 0.5) is 0 Å². The summed E-state index contributed by atoms with van der Waals surface area (Å²) >= 11 is 0. The van der Waals surface area contributed by atoms with Gasteiger partial charge >= 0.3 is 23.9 Å². The van der Waals surface area contributed by atoms with Crippen LogP contribution in [0.5, 0.6) is 0 Å². The maximum atomic E-state index is 13.8. The summed E-state index contributed by atoms with van der Waals surface area (Å²) in [4.78, 5) is 80.2.